The lowest BCUT2D eigenvalue weighted by molar-refractivity contribution is -0.113. The van der Waals surface area contributed by atoms with Gasteiger partial charge in [0.05, 0.1) is 0 Å². The zero-order chi connectivity index (χ0) is 17.5. The molecular formula is C20H24N4O. The van der Waals surface area contributed by atoms with Gasteiger partial charge in [-0.1, -0.05) is 36.4 Å². The van der Waals surface area contributed by atoms with E-state index in [1.54, 1.807) is 12.3 Å². The zero-order valence-corrected chi connectivity index (χ0v) is 14.2. The highest BCUT2D eigenvalue weighted by Gasteiger charge is 2.24. The summed E-state index contributed by atoms with van der Waals surface area (Å²) in [4.78, 5) is 16.6. The average molecular weight is 336 g/mol. The maximum Gasteiger partial charge on any atom is 0.254 e. The Bertz CT molecular complexity index is 728. The van der Waals surface area contributed by atoms with Crippen molar-refractivity contribution in [3.05, 3.63) is 71.6 Å². The standard InChI is InChI=1S/C20H24N4O/c21-18-10-9-16(22-13-11-15-6-2-1-3-7-15)14-17(18)20(25)24-19-8-4-5-12-23-19/h1-8,12,16,22H,9-11,13-14,21H2,(H,23,24,25). The highest BCUT2D eigenvalue weighted by Crippen LogP contribution is 2.23. The second kappa shape index (κ2) is 8.44. The van der Waals surface area contributed by atoms with Gasteiger partial charge in [0.2, 0.25) is 0 Å². The van der Waals surface area contributed by atoms with Gasteiger partial charge >= 0.3 is 0 Å². The van der Waals surface area contributed by atoms with Gasteiger partial charge in [0.15, 0.2) is 0 Å². The smallest absolute Gasteiger partial charge is 0.254 e. The minimum Gasteiger partial charge on any atom is -0.402 e. The van der Waals surface area contributed by atoms with Gasteiger partial charge in [0.25, 0.3) is 5.91 Å². The van der Waals surface area contributed by atoms with E-state index in [1.165, 1.54) is 5.56 Å². The third-order valence-electron chi connectivity index (χ3n) is 4.47. The number of aromatic nitrogens is 1. The van der Waals surface area contributed by atoms with Crippen molar-refractivity contribution in [1.29, 1.82) is 0 Å². The summed E-state index contributed by atoms with van der Waals surface area (Å²) in [6, 6.07) is 16.1. The Balaban J connectivity index is 1.53. The first-order chi connectivity index (χ1) is 12.2. The summed E-state index contributed by atoms with van der Waals surface area (Å²) in [6.07, 6.45) is 4.99. The van der Waals surface area contributed by atoms with E-state index >= 15 is 0 Å². The predicted molar refractivity (Wildman–Crippen MR) is 99.9 cm³/mol. The fourth-order valence-corrected chi connectivity index (χ4v) is 3.07. The van der Waals surface area contributed by atoms with E-state index in [9.17, 15) is 4.79 Å². The first kappa shape index (κ1) is 17.2. The highest BCUT2D eigenvalue weighted by atomic mass is 16.1. The number of nitrogens with zero attached hydrogens (tertiary/aromatic N) is 1. The zero-order valence-electron chi connectivity index (χ0n) is 14.2. The molecule has 25 heavy (non-hydrogen) atoms. The van der Waals surface area contributed by atoms with Crippen LogP contribution in [0.15, 0.2) is 66.0 Å². The Morgan fingerprint density at radius 2 is 1.96 bits per heavy atom. The van der Waals surface area contributed by atoms with Gasteiger partial charge in [-0.15, -0.1) is 0 Å². The van der Waals surface area contributed by atoms with Crippen molar-refractivity contribution in [2.45, 2.75) is 31.7 Å². The van der Waals surface area contributed by atoms with Crippen molar-refractivity contribution in [2.75, 3.05) is 11.9 Å². The third kappa shape index (κ3) is 4.90. The van der Waals surface area contributed by atoms with Crippen molar-refractivity contribution in [2.24, 2.45) is 5.73 Å². The molecule has 0 saturated carbocycles. The van der Waals surface area contributed by atoms with Crippen LogP contribution in [0.1, 0.15) is 24.8 Å². The molecule has 0 fully saturated rings. The van der Waals surface area contributed by atoms with Gasteiger partial charge in [0, 0.05) is 23.5 Å². The number of carbonyl (C=O) groups excluding carboxylic acids is 1. The molecular weight excluding hydrogens is 312 g/mol. The normalized spacial score (nSPS) is 17.4. The first-order valence-corrected chi connectivity index (χ1v) is 8.69. The van der Waals surface area contributed by atoms with E-state index in [1.807, 2.05) is 18.2 Å². The fourth-order valence-electron chi connectivity index (χ4n) is 3.07. The van der Waals surface area contributed by atoms with Crippen molar-refractivity contribution in [3.8, 4) is 0 Å². The van der Waals surface area contributed by atoms with Crippen LogP contribution in [-0.4, -0.2) is 23.5 Å². The van der Waals surface area contributed by atoms with Crippen molar-refractivity contribution in [3.63, 3.8) is 0 Å². The maximum absolute atomic E-state index is 12.5. The van der Waals surface area contributed by atoms with Gasteiger partial charge in [-0.05, 0) is 49.9 Å². The summed E-state index contributed by atoms with van der Waals surface area (Å²) < 4.78 is 0. The van der Waals surface area contributed by atoms with E-state index in [0.29, 0.717) is 23.5 Å². The van der Waals surface area contributed by atoms with E-state index in [0.717, 1.165) is 25.8 Å². The molecule has 1 heterocycles. The number of nitrogens with two attached hydrogens (primary N) is 1. The average Bonchev–Trinajstić information content (AvgIpc) is 2.65. The molecule has 1 aromatic heterocycles. The molecule has 0 bridgehead atoms. The van der Waals surface area contributed by atoms with Crippen molar-refractivity contribution >= 4 is 11.7 Å². The summed E-state index contributed by atoms with van der Waals surface area (Å²) >= 11 is 0. The van der Waals surface area contributed by atoms with Gasteiger partial charge in [-0.3, -0.25) is 4.79 Å². The summed E-state index contributed by atoms with van der Waals surface area (Å²) in [5, 5.41) is 6.38. The lowest BCUT2D eigenvalue weighted by atomic mass is 9.91. The lowest BCUT2D eigenvalue weighted by Gasteiger charge is -2.26. The summed E-state index contributed by atoms with van der Waals surface area (Å²) in [5.74, 6) is 0.401. The molecule has 4 N–H and O–H groups in total. The van der Waals surface area contributed by atoms with Gasteiger partial charge < -0.3 is 16.4 Å². The Labute approximate surface area is 148 Å². The molecule has 0 spiro atoms. The number of pyridine rings is 1. The highest BCUT2D eigenvalue weighted by molar-refractivity contribution is 6.03. The minimum absolute atomic E-state index is 0.147. The van der Waals surface area contributed by atoms with Gasteiger partial charge in [0.1, 0.15) is 5.82 Å². The van der Waals surface area contributed by atoms with Crippen LogP contribution in [-0.2, 0) is 11.2 Å². The van der Waals surface area contributed by atoms with Crippen LogP contribution in [0, 0.1) is 0 Å². The molecule has 1 aliphatic carbocycles. The number of benzene rings is 1. The predicted octanol–water partition coefficient (Wildman–Crippen LogP) is 2.62. The second-order valence-corrected chi connectivity index (χ2v) is 6.30. The molecule has 0 radical (unpaired) electrons. The van der Waals surface area contributed by atoms with Crippen LogP contribution in [0.2, 0.25) is 0 Å². The Kier molecular flexibility index (Phi) is 5.80. The molecule has 1 aromatic carbocycles. The molecule has 130 valence electrons. The second-order valence-electron chi connectivity index (χ2n) is 6.30. The molecule has 3 rings (SSSR count). The molecule has 0 saturated heterocycles. The lowest BCUT2D eigenvalue weighted by Crippen LogP contribution is -2.36. The molecule has 5 nitrogen and oxygen atoms in total. The largest absolute Gasteiger partial charge is 0.402 e. The van der Waals surface area contributed by atoms with E-state index in [2.05, 4.69) is 39.9 Å². The Morgan fingerprint density at radius 3 is 2.72 bits per heavy atom. The Morgan fingerprint density at radius 1 is 1.16 bits per heavy atom. The third-order valence-corrected chi connectivity index (χ3v) is 4.47. The van der Waals surface area contributed by atoms with Crippen LogP contribution in [0.5, 0.6) is 0 Å². The van der Waals surface area contributed by atoms with Crippen molar-refractivity contribution in [1.82, 2.24) is 10.3 Å². The van der Waals surface area contributed by atoms with Crippen LogP contribution >= 0.6 is 0 Å². The molecule has 0 aliphatic heterocycles. The number of rotatable bonds is 6. The topological polar surface area (TPSA) is 80.0 Å². The Hall–Kier alpha value is -2.66. The molecule has 1 aliphatic rings. The SMILES string of the molecule is NC1=C(C(=O)Nc2ccccn2)CC(NCCc2ccccc2)CC1. The summed E-state index contributed by atoms with van der Waals surface area (Å²) in [5.41, 5.74) is 8.76. The van der Waals surface area contributed by atoms with E-state index in [-0.39, 0.29) is 11.9 Å². The number of allylic oxidation sites excluding steroid dienone is 1. The van der Waals surface area contributed by atoms with Crippen LogP contribution < -0.4 is 16.4 Å². The van der Waals surface area contributed by atoms with Crippen LogP contribution in [0.4, 0.5) is 5.82 Å². The number of anilines is 1. The number of nitrogens with one attached hydrogen (secondary N) is 2. The van der Waals surface area contributed by atoms with E-state index < -0.39 is 0 Å². The monoisotopic (exact) mass is 336 g/mol. The number of hydrogen-bond donors (Lipinski definition) is 3. The molecule has 2 aromatic rings. The number of carbonyl (C=O) groups is 1. The summed E-state index contributed by atoms with van der Waals surface area (Å²) in [6.45, 7) is 0.893. The molecule has 5 heteroatoms. The van der Waals surface area contributed by atoms with Crippen LogP contribution in [0.25, 0.3) is 0 Å². The molecule has 1 atom stereocenters. The van der Waals surface area contributed by atoms with Crippen molar-refractivity contribution < 1.29 is 4.79 Å². The van der Waals surface area contributed by atoms with Gasteiger partial charge in [-0.25, -0.2) is 4.98 Å². The number of amides is 1. The number of hydrogen-bond acceptors (Lipinski definition) is 4. The quantitative estimate of drug-likeness (QED) is 0.757. The van der Waals surface area contributed by atoms with Gasteiger partial charge in [-0.2, -0.15) is 0 Å². The van der Waals surface area contributed by atoms with E-state index in [4.69, 9.17) is 5.73 Å². The molecule has 1 amide bonds. The molecule has 1 unspecified atom stereocenters. The maximum atomic E-state index is 12.5. The van der Waals surface area contributed by atoms with Crippen LogP contribution in [0.3, 0.4) is 0 Å². The first-order valence-electron chi connectivity index (χ1n) is 8.69. The fraction of sp³-hybridized carbons (Fsp3) is 0.300. The summed E-state index contributed by atoms with van der Waals surface area (Å²) in [7, 11) is 0. The minimum atomic E-state index is -0.147.